The number of para-hydroxylation sites is 1. The van der Waals surface area contributed by atoms with E-state index in [1.807, 2.05) is 24.3 Å². The van der Waals surface area contributed by atoms with Crippen molar-refractivity contribution in [1.29, 1.82) is 0 Å². The van der Waals surface area contributed by atoms with Crippen LogP contribution in [0, 0.1) is 0 Å². The van der Waals surface area contributed by atoms with Crippen LogP contribution in [0.5, 0.6) is 0 Å². The number of hydrogen-bond acceptors (Lipinski definition) is 4. The molecule has 2 aliphatic rings. The molecule has 0 saturated carbocycles. The molecule has 144 valence electrons. The summed E-state index contributed by atoms with van der Waals surface area (Å²) in [5, 5.41) is 3.89. The number of amides is 2. The van der Waals surface area contributed by atoms with Crippen LogP contribution in [0.2, 0.25) is 0 Å². The molecule has 1 aromatic carbocycles. The standard InChI is InChI=1S/C18H18F3N3O2S/c19-18(20,21)14-10-27-15(23-14)9-22-16(25)24-11-17(5-7-26-8-6-17)12-3-1-2-4-13(12)24/h1-4,10H,5-9,11H2,(H,22,25). The average molecular weight is 397 g/mol. The first-order valence-corrected chi connectivity index (χ1v) is 9.51. The Labute approximate surface area is 158 Å². The van der Waals surface area contributed by atoms with Crippen LogP contribution in [0.4, 0.5) is 23.7 Å². The number of thiazole rings is 1. The van der Waals surface area contributed by atoms with Crippen molar-refractivity contribution in [3.8, 4) is 0 Å². The van der Waals surface area contributed by atoms with Gasteiger partial charge in [0.2, 0.25) is 0 Å². The van der Waals surface area contributed by atoms with Gasteiger partial charge in [-0.2, -0.15) is 13.2 Å². The molecule has 9 heteroatoms. The maximum absolute atomic E-state index is 12.7. The predicted octanol–water partition coefficient (Wildman–Crippen LogP) is 3.94. The fourth-order valence-electron chi connectivity index (χ4n) is 3.77. The highest BCUT2D eigenvalue weighted by Crippen LogP contribution is 2.46. The van der Waals surface area contributed by atoms with E-state index < -0.39 is 11.9 Å². The van der Waals surface area contributed by atoms with Crippen molar-refractivity contribution in [2.24, 2.45) is 0 Å². The van der Waals surface area contributed by atoms with E-state index in [1.54, 1.807) is 4.90 Å². The van der Waals surface area contributed by atoms with E-state index >= 15 is 0 Å². The summed E-state index contributed by atoms with van der Waals surface area (Å²) < 4.78 is 43.4. The number of fused-ring (bicyclic) bond motifs is 2. The summed E-state index contributed by atoms with van der Waals surface area (Å²) in [7, 11) is 0. The number of rotatable bonds is 2. The summed E-state index contributed by atoms with van der Waals surface area (Å²) in [4.78, 5) is 18.0. The molecule has 1 saturated heterocycles. The van der Waals surface area contributed by atoms with Gasteiger partial charge in [-0.25, -0.2) is 9.78 Å². The van der Waals surface area contributed by atoms with Crippen molar-refractivity contribution in [2.45, 2.75) is 31.0 Å². The Hall–Kier alpha value is -2.13. The zero-order valence-electron chi connectivity index (χ0n) is 14.4. The van der Waals surface area contributed by atoms with Gasteiger partial charge in [-0.05, 0) is 24.5 Å². The Morgan fingerprint density at radius 2 is 2.04 bits per heavy atom. The zero-order chi connectivity index (χ0) is 19.1. The number of hydrogen-bond donors (Lipinski definition) is 1. The highest BCUT2D eigenvalue weighted by Gasteiger charge is 2.45. The Morgan fingerprint density at radius 3 is 2.74 bits per heavy atom. The van der Waals surface area contributed by atoms with Gasteiger partial charge < -0.3 is 10.1 Å². The highest BCUT2D eigenvalue weighted by atomic mass is 32.1. The Kier molecular flexibility index (Phi) is 4.59. The van der Waals surface area contributed by atoms with Crippen molar-refractivity contribution in [1.82, 2.24) is 10.3 Å². The molecule has 2 aromatic rings. The largest absolute Gasteiger partial charge is 0.434 e. The number of carbonyl (C=O) groups excluding carboxylic acids is 1. The molecule has 27 heavy (non-hydrogen) atoms. The highest BCUT2D eigenvalue weighted by molar-refractivity contribution is 7.09. The summed E-state index contributed by atoms with van der Waals surface area (Å²) in [6.45, 7) is 1.83. The lowest BCUT2D eigenvalue weighted by atomic mass is 9.76. The molecule has 0 bridgehead atoms. The fourth-order valence-corrected chi connectivity index (χ4v) is 4.51. The average Bonchev–Trinajstić information content (AvgIpc) is 3.25. The molecular weight excluding hydrogens is 379 g/mol. The van der Waals surface area contributed by atoms with Crippen LogP contribution in [-0.2, 0) is 22.9 Å². The van der Waals surface area contributed by atoms with Gasteiger partial charge in [-0.3, -0.25) is 4.90 Å². The second kappa shape index (κ2) is 6.79. The van der Waals surface area contributed by atoms with Crippen LogP contribution < -0.4 is 10.2 Å². The van der Waals surface area contributed by atoms with Gasteiger partial charge in [-0.1, -0.05) is 18.2 Å². The van der Waals surface area contributed by atoms with Gasteiger partial charge in [0.25, 0.3) is 0 Å². The maximum Gasteiger partial charge on any atom is 0.434 e. The quantitative estimate of drug-likeness (QED) is 0.835. The van der Waals surface area contributed by atoms with Crippen molar-refractivity contribution in [3.63, 3.8) is 0 Å². The van der Waals surface area contributed by atoms with Crippen molar-refractivity contribution in [3.05, 3.63) is 45.9 Å². The van der Waals surface area contributed by atoms with Crippen molar-refractivity contribution >= 4 is 23.1 Å². The number of nitrogens with zero attached hydrogens (tertiary/aromatic N) is 2. The predicted molar refractivity (Wildman–Crippen MR) is 94.9 cm³/mol. The number of anilines is 1. The Morgan fingerprint density at radius 1 is 1.30 bits per heavy atom. The van der Waals surface area contributed by atoms with Gasteiger partial charge in [0.05, 0.1) is 6.54 Å². The minimum Gasteiger partial charge on any atom is -0.381 e. The molecule has 1 N–H and O–H groups in total. The van der Waals surface area contributed by atoms with Gasteiger partial charge in [-0.15, -0.1) is 11.3 Å². The monoisotopic (exact) mass is 397 g/mol. The number of nitrogens with one attached hydrogen (secondary N) is 1. The van der Waals surface area contributed by atoms with Gasteiger partial charge in [0.15, 0.2) is 5.69 Å². The molecule has 0 unspecified atom stereocenters. The smallest absolute Gasteiger partial charge is 0.381 e. The lowest BCUT2D eigenvalue weighted by Gasteiger charge is -2.34. The molecule has 1 aromatic heterocycles. The lowest BCUT2D eigenvalue weighted by Crippen LogP contribution is -2.44. The summed E-state index contributed by atoms with van der Waals surface area (Å²) >= 11 is 0.887. The number of ether oxygens (including phenoxy) is 1. The van der Waals surface area contributed by atoms with Crippen molar-refractivity contribution < 1.29 is 22.7 Å². The number of alkyl halides is 3. The van der Waals surface area contributed by atoms with E-state index in [9.17, 15) is 18.0 Å². The molecule has 1 fully saturated rings. The fraction of sp³-hybridized carbons (Fsp3) is 0.444. The first-order chi connectivity index (χ1) is 12.9. The van der Waals surface area contributed by atoms with Crippen LogP contribution in [0.25, 0.3) is 0 Å². The summed E-state index contributed by atoms with van der Waals surface area (Å²) in [5.41, 5.74) is 0.949. The lowest BCUT2D eigenvalue weighted by molar-refractivity contribution is -0.140. The minimum absolute atomic E-state index is 0.0334. The number of carbonyl (C=O) groups is 1. The zero-order valence-corrected chi connectivity index (χ0v) is 15.2. The number of benzene rings is 1. The SMILES string of the molecule is O=C(NCc1nc(C(F)(F)F)cs1)N1CC2(CCOCC2)c2ccccc21. The molecule has 1 spiro atoms. The van der Waals surface area contributed by atoms with Crippen LogP contribution >= 0.6 is 11.3 Å². The Bertz CT molecular complexity index is 846. The second-order valence-electron chi connectivity index (χ2n) is 6.78. The van der Waals surface area contributed by atoms with E-state index in [-0.39, 0.29) is 23.0 Å². The van der Waals surface area contributed by atoms with E-state index in [1.165, 1.54) is 0 Å². The van der Waals surface area contributed by atoms with Gasteiger partial charge >= 0.3 is 12.2 Å². The second-order valence-corrected chi connectivity index (χ2v) is 7.72. The third-order valence-corrected chi connectivity index (χ3v) is 6.00. The molecule has 0 radical (unpaired) electrons. The van der Waals surface area contributed by atoms with E-state index in [4.69, 9.17) is 4.74 Å². The third kappa shape index (κ3) is 3.41. The number of aromatic nitrogens is 1. The third-order valence-electron chi connectivity index (χ3n) is 5.16. The summed E-state index contributed by atoms with van der Waals surface area (Å²) in [6.07, 6.45) is -2.79. The normalized spacial score (nSPS) is 18.6. The molecule has 5 nitrogen and oxygen atoms in total. The maximum atomic E-state index is 12.7. The van der Waals surface area contributed by atoms with Crippen LogP contribution in [-0.4, -0.2) is 30.8 Å². The Balaban J connectivity index is 1.48. The number of halogens is 3. The van der Waals surface area contributed by atoms with Crippen LogP contribution in [0.3, 0.4) is 0 Å². The molecule has 4 rings (SSSR count). The topological polar surface area (TPSA) is 54.5 Å². The first kappa shape index (κ1) is 18.2. The van der Waals surface area contributed by atoms with E-state index in [2.05, 4.69) is 10.3 Å². The molecule has 2 amide bonds. The van der Waals surface area contributed by atoms with Gasteiger partial charge in [0.1, 0.15) is 5.01 Å². The summed E-state index contributed by atoms with van der Waals surface area (Å²) in [6, 6.07) is 7.48. The first-order valence-electron chi connectivity index (χ1n) is 8.63. The van der Waals surface area contributed by atoms with Crippen LogP contribution in [0.15, 0.2) is 29.6 Å². The van der Waals surface area contributed by atoms with Gasteiger partial charge in [0, 0.05) is 36.2 Å². The van der Waals surface area contributed by atoms with Crippen LogP contribution in [0.1, 0.15) is 29.1 Å². The molecule has 2 aliphatic heterocycles. The summed E-state index contributed by atoms with van der Waals surface area (Å²) in [5.74, 6) is 0. The molecule has 0 aliphatic carbocycles. The molecule has 3 heterocycles. The minimum atomic E-state index is -4.47. The molecular formula is C18H18F3N3O2S. The van der Waals surface area contributed by atoms with E-state index in [0.717, 1.165) is 40.8 Å². The molecule has 0 atom stereocenters. The van der Waals surface area contributed by atoms with E-state index in [0.29, 0.717) is 19.8 Å². The van der Waals surface area contributed by atoms with Crippen molar-refractivity contribution in [2.75, 3.05) is 24.7 Å². The number of urea groups is 1.